The minimum atomic E-state index is -0.137. The number of aromatic nitrogens is 4. The number of hydrogen-bond acceptors (Lipinski definition) is 4. The van der Waals surface area contributed by atoms with Crippen LogP contribution in [0.15, 0.2) is 18.5 Å². The number of rotatable bonds is 5. The highest BCUT2D eigenvalue weighted by Gasteiger charge is 2.26. The van der Waals surface area contributed by atoms with Gasteiger partial charge >= 0.3 is 6.03 Å². The number of urea groups is 1. The van der Waals surface area contributed by atoms with Crippen LogP contribution in [0, 0.1) is 0 Å². The number of amides is 2. The maximum atomic E-state index is 12.6. The highest BCUT2D eigenvalue weighted by atomic mass is 16.5. The van der Waals surface area contributed by atoms with Gasteiger partial charge in [0.25, 0.3) is 0 Å². The van der Waals surface area contributed by atoms with Crippen LogP contribution >= 0.6 is 0 Å². The van der Waals surface area contributed by atoms with Crippen LogP contribution in [0.2, 0.25) is 0 Å². The molecule has 3 rings (SSSR count). The molecule has 1 aliphatic heterocycles. The first-order valence-corrected chi connectivity index (χ1v) is 8.83. The zero-order valence-corrected chi connectivity index (χ0v) is 15.1. The highest BCUT2D eigenvalue weighted by molar-refractivity contribution is 5.88. The van der Waals surface area contributed by atoms with Crippen molar-refractivity contribution in [1.82, 2.24) is 24.5 Å². The molecule has 0 aliphatic carbocycles. The van der Waals surface area contributed by atoms with E-state index in [9.17, 15) is 4.79 Å². The number of carbonyl (C=O) groups is 1. The van der Waals surface area contributed by atoms with Gasteiger partial charge in [0.1, 0.15) is 11.9 Å². The quantitative estimate of drug-likeness (QED) is 0.900. The molecule has 3 heterocycles. The molecule has 0 unspecified atom stereocenters. The van der Waals surface area contributed by atoms with Crippen molar-refractivity contribution in [1.29, 1.82) is 0 Å². The Kier molecular flexibility index (Phi) is 5.37. The summed E-state index contributed by atoms with van der Waals surface area (Å²) in [5.74, 6) is 0.718. The first-order valence-electron chi connectivity index (χ1n) is 8.83. The molecule has 1 N–H and O–H groups in total. The maximum absolute atomic E-state index is 12.6. The van der Waals surface area contributed by atoms with Crippen LogP contribution in [-0.4, -0.2) is 50.2 Å². The van der Waals surface area contributed by atoms with Crippen molar-refractivity contribution >= 4 is 11.8 Å². The normalized spacial score (nSPS) is 17.7. The molecule has 1 saturated heterocycles. The summed E-state index contributed by atoms with van der Waals surface area (Å²) < 4.78 is 9.40. The second kappa shape index (κ2) is 7.69. The molecule has 1 fully saturated rings. The van der Waals surface area contributed by atoms with Crippen molar-refractivity contribution < 1.29 is 9.53 Å². The van der Waals surface area contributed by atoms with Crippen LogP contribution in [0.25, 0.3) is 0 Å². The summed E-state index contributed by atoms with van der Waals surface area (Å²) >= 11 is 0. The predicted molar refractivity (Wildman–Crippen MR) is 94.4 cm³/mol. The lowest BCUT2D eigenvalue weighted by Crippen LogP contribution is -2.44. The third kappa shape index (κ3) is 4.01. The fraction of sp³-hybridized carbons (Fsp3) is 0.588. The number of nitrogens with zero attached hydrogens (tertiary/aromatic N) is 5. The van der Waals surface area contributed by atoms with Crippen LogP contribution < -0.4 is 5.32 Å². The number of carbonyl (C=O) groups excluding carboxylic acids is 1. The standard InChI is InChI=1S/C17H26N6O2/c1-4-6-14-9-16(21(3)20-14)19-17(24)22-7-8-25-15(12-22)13-10-18-23(5-2)11-13/h9-11,15H,4-8,12H2,1-3H3,(H,19,24)/t15-/m0/s1. The second-order valence-corrected chi connectivity index (χ2v) is 6.26. The van der Waals surface area contributed by atoms with Crippen molar-refractivity contribution in [3.05, 3.63) is 29.7 Å². The summed E-state index contributed by atoms with van der Waals surface area (Å²) in [6.07, 6.45) is 5.59. The van der Waals surface area contributed by atoms with Gasteiger partial charge in [0, 0.05) is 38.0 Å². The molecule has 8 heteroatoms. The fourth-order valence-electron chi connectivity index (χ4n) is 2.96. The van der Waals surface area contributed by atoms with Gasteiger partial charge in [-0.25, -0.2) is 4.79 Å². The molecule has 0 saturated carbocycles. The summed E-state index contributed by atoms with van der Waals surface area (Å²) in [6, 6.07) is 1.81. The molecule has 2 amide bonds. The molecule has 0 aromatic carbocycles. The summed E-state index contributed by atoms with van der Waals surface area (Å²) in [7, 11) is 1.84. The third-order valence-electron chi connectivity index (χ3n) is 4.37. The smallest absolute Gasteiger partial charge is 0.323 e. The van der Waals surface area contributed by atoms with Crippen LogP contribution in [0.4, 0.5) is 10.6 Å². The Balaban J connectivity index is 1.63. The van der Waals surface area contributed by atoms with E-state index in [1.165, 1.54) is 0 Å². The van der Waals surface area contributed by atoms with E-state index in [0.29, 0.717) is 19.7 Å². The zero-order valence-electron chi connectivity index (χ0n) is 15.1. The van der Waals surface area contributed by atoms with Gasteiger partial charge in [-0.15, -0.1) is 0 Å². The minimum absolute atomic E-state index is 0.123. The maximum Gasteiger partial charge on any atom is 0.323 e. The van der Waals surface area contributed by atoms with Gasteiger partial charge < -0.3 is 9.64 Å². The molecule has 25 heavy (non-hydrogen) atoms. The van der Waals surface area contributed by atoms with Crippen LogP contribution in [0.3, 0.4) is 0 Å². The molecular weight excluding hydrogens is 320 g/mol. The van der Waals surface area contributed by atoms with Gasteiger partial charge in [0.2, 0.25) is 0 Å². The Morgan fingerprint density at radius 3 is 3.00 bits per heavy atom. The van der Waals surface area contributed by atoms with Gasteiger partial charge in [0.05, 0.1) is 25.0 Å². The lowest BCUT2D eigenvalue weighted by Gasteiger charge is -2.32. The number of ether oxygens (including phenoxy) is 1. The van der Waals surface area contributed by atoms with Gasteiger partial charge in [-0.3, -0.25) is 14.7 Å². The minimum Gasteiger partial charge on any atom is -0.370 e. The van der Waals surface area contributed by atoms with Crippen molar-refractivity contribution in [3.8, 4) is 0 Å². The Bertz CT molecular complexity index is 723. The average molecular weight is 346 g/mol. The molecule has 0 spiro atoms. The third-order valence-corrected chi connectivity index (χ3v) is 4.37. The molecule has 136 valence electrons. The van der Waals surface area contributed by atoms with Crippen molar-refractivity contribution in [2.45, 2.75) is 39.3 Å². The molecule has 1 atom stereocenters. The number of hydrogen-bond donors (Lipinski definition) is 1. The Labute approximate surface area is 147 Å². The van der Waals surface area contributed by atoms with Crippen LogP contribution in [0.1, 0.15) is 37.6 Å². The fourth-order valence-corrected chi connectivity index (χ4v) is 2.96. The Morgan fingerprint density at radius 2 is 2.28 bits per heavy atom. The van der Waals surface area contributed by atoms with E-state index in [-0.39, 0.29) is 12.1 Å². The molecular formula is C17H26N6O2. The Hall–Kier alpha value is -2.35. The molecule has 2 aromatic rings. The zero-order chi connectivity index (χ0) is 17.8. The monoisotopic (exact) mass is 346 g/mol. The summed E-state index contributed by atoms with van der Waals surface area (Å²) in [4.78, 5) is 14.4. The van der Waals surface area contributed by atoms with Crippen molar-refractivity contribution in [3.63, 3.8) is 0 Å². The molecule has 0 radical (unpaired) electrons. The Morgan fingerprint density at radius 1 is 1.44 bits per heavy atom. The van der Waals surface area contributed by atoms with Crippen LogP contribution in [0.5, 0.6) is 0 Å². The predicted octanol–water partition coefficient (Wildman–Crippen LogP) is 2.19. The highest BCUT2D eigenvalue weighted by Crippen LogP contribution is 2.22. The van der Waals surface area contributed by atoms with E-state index >= 15 is 0 Å². The lowest BCUT2D eigenvalue weighted by molar-refractivity contribution is -0.0135. The first-order chi connectivity index (χ1) is 12.1. The van der Waals surface area contributed by atoms with E-state index in [0.717, 1.165) is 36.5 Å². The lowest BCUT2D eigenvalue weighted by atomic mass is 10.1. The molecule has 8 nitrogen and oxygen atoms in total. The van der Waals surface area contributed by atoms with Crippen molar-refractivity contribution in [2.24, 2.45) is 7.05 Å². The number of nitrogens with one attached hydrogen (secondary N) is 1. The summed E-state index contributed by atoms with van der Waals surface area (Å²) in [5.41, 5.74) is 2.00. The number of morpholine rings is 1. The largest absolute Gasteiger partial charge is 0.370 e. The van der Waals surface area contributed by atoms with E-state index in [2.05, 4.69) is 22.4 Å². The van der Waals surface area contributed by atoms with Crippen LogP contribution in [-0.2, 0) is 24.8 Å². The summed E-state index contributed by atoms with van der Waals surface area (Å²) in [6.45, 7) is 6.57. The second-order valence-electron chi connectivity index (χ2n) is 6.26. The average Bonchev–Trinajstić information content (AvgIpc) is 3.22. The van der Waals surface area contributed by atoms with E-state index < -0.39 is 0 Å². The first kappa shape index (κ1) is 17.5. The van der Waals surface area contributed by atoms with Gasteiger partial charge in [-0.05, 0) is 13.3 Å². The van der Waals surface area contributed by atoms with Gasteiger partial charge in [-0.1, -0.05) is 13.3 Å². The molecule has 2 aromatic heterocycles. The summed E-state index contributed by atoms with van der Waals surface area (Å²) in [5, 5.41) is 11.7. The van der Waals surface area contributed by atoms with Gasteiger partial charge in [0.15, 0.2) is 0 Å². The van der Waals surface area contributed by atoms with E-state index in [1.54, 1.807) is 9.58 Å². The van der Waals surface area contributed by atoms with Crippen molar-refractivity contribution in [2.75, 3.05) is 25.0 Å². The number of aryl methyl sites for hydroxylation is 3. The topological polar surface area (TPSA) is 77.2 Å². The SMILES string of the molecule is CCCc1cc(NC(=O)N2CCO[C@H](c3cnn(CC)c3)C2)n(C)n1. The van der Waals surface area contributed by atoms with E-state index in [1.807, 2.05) is 37.1 Å². The molecule has 0 bridgehead atoms. The molecule has 1 aliphatic rings. The number of anilines is 1. The van der Waals surface area contributed by atoms with E-state index in [4.69, 9.17) is 4.74 Å². The van der Waals surface area contributed by atoms with Gasteiger partial charge in [-0.2, -0.15) is 10.2 Å².